The number of hydrogen-bond acceptors (Lipinski definition) is 1. The Hall–Kier alpha value is -1.64. The van der Waals surface area contributed by atoms with E-state index in [1.165, 1.54) is 18.2 Å². The lowest BCUT2D eigenvalue weighted by Gasteiger charge is -2.35. The average Bonchev–Trinajstić information content (AvgIpc) is 2.23. The Balaban J connectivity index is 3.14. The summed E-state index contributed by atoms with van der Waals surface area (Å²) < 4.78 is 13.1. The Kier molecular flexibility index (Phi) is 4.28. The standard InChI is InChI=1S/C15H20FNO/c1-6-9-17(15(3,4)5)14(18)13-8-7-12(16)10-11(13)2/h6-8,10H,1,9H2,2-5H3. The third-order valence-corrected chi connectivity index (χ3v) is 2.79. The maximum absolute atomic E-state index is 13.1. The average molecular weight is 249 g/mol. The molecular formula is C15H20FNO. The van der Waals surface area contributed by atoms with Gasteiger partial charge in [-0.15, -0.1) is 6.58 Å². The SMILES string of the molecule is C=CCN(C(=O)c1ccc(F)cc1C)C(C)(C)C. The van der Waals surface area contributed by atoms with E-state index in [0.717, 1.165) is 0 Å². The first-order valence-corrected chi connectivity index (χ1v) is 5.96. The van der Waals surface area contributed by atoms with Crippen LogP contribution in [0.15, 0.2) is 30.9 Å². The topological polar surface area (TPSA) is 20.3 Å². The minimum absolute atomic E-state index is 0.0973. The van der Waals surface area contributed by atoms with Gasteiger partial charge in [-0.1, -0.05) is 6.08 Å². The summed E-state index contributed by atoms with van der Waals surface area (Å²) in [6, 6.07) is 4.23. The lowest BCUT2D eigenvalue weighted by atomic mass is 10.0. The van der Waals surface area contributed by atoms with Crippen molar-refractivity contribution in [3.8, 4) is 0 Å². The molecule has 0 saturated carbocycles. The number of carbonyl (C=O) groups is 1. The zero-order valence-corrected chi connectivity index (χ0v) is 11.5. The number of amides is 1. The van der Waals surface area contributed by atoms with E-state index in [9.17, 15) is 9.18 Å². The summed E-state index contributed by atoms with van der Waals surface area (Å²) >= 11 is 0. The molecule has 2 nitrogen and oxygen atoms in total. The first-order chi connectivity index (χ1) is 8.27. The molecule has 0 radical (unpaired) electrons. The lowest BCUT2D eigenvalue weighted by Crippen LogP contribution is -2.45. The van der Waals surface area contributed by atoms with Gasteiger partial charge in [0.2, 0.25) is 0 Å². The Bertz CT molecular complexity index is 460. The van der Waals surface area contributed by atoms with Crippen LogP contribution in [0.4, 0.5) is 4.39 Å². The first kappa shape index (κ1) is 14.4. The van der Waals surface area contributed by atoms with Gasteiger partial charge >= 0.3 is 0 Å². The van der Waals surface area contributed by atoms with Crippen molar-refractivity contribution < 1.29 is 9.18 Å². The van der Waals surface area contributed by atoms with Crippen LogP contribution in [0.3, 0.4) is 0 Å². The van der Waals surface area contributed by atoms with Gasteiger partial charge in [0.15, 0.2) is 0 Å². The molecule has 0 spiro atoms. The summed E-state index contributed by atoms with van der Waals surface area (Å²) in [5.74, 6) is -0.421. The van der Waals surface area contributed by atoms with Crippen molar-refractivity contribution in [1.82, 2.24) is 4.90 Å². The predicted molar refractivity (Wildman–Crippen MR) is 72.1 cm³/mol. The van der Waals surface area contributed by atoms with Crippen molar-refractivity contribution in [3.05, 3.63) is 47.8 Å². The second kappa shape index (κ2) is 5.34. The van der Waals surface area contributed by atoms with Crippen LogP contribution in [0.1, 0.15) is 36.7 Å². The molecule has 0 heterocycles. The van der Waals surface area contributed by atoms with Crippen molar-refractivity contribution >= 4 is 5.91 Å². The van der Waals surface area contributed by atoms with E-state index in [2.05, 4.69) is 6.58 Å². The largest absolute Gasteiger partial charge is 0.330 e. The molecule has 98 valence electrons. The van der Waals surface area contributed by atoms with Gasteiger partial charge in [-0.05, 0) is 51.5 Å². The quantitative estimate of drug-likeness (QED) is 0.750. The molecule has 0 bridgehead atoms. The monoisotopic (exact) mass is 249 g/mol. The summed E-state index contributed by atoms with van der Waals surface area (Å²) in [5.41, 5.74) is 0.887. The highest BCUT2D eigenvalue weighted by molar-refractivity contribution is 5.96. The normalized spacial score (nSPS) is 11.2. The Morgan fingerprint density at radius 2 is 2.06 bits per heavy atom. The van der Waals surface area contributed by atoms with Gasteiger partial charge in [0.05, 0.1) is 0 Å². The second-order valence-corrected chi connectivity index (χ2v) is 5.33. The van der Waals surface area contributed by atoms with Gasteiger partial charge in [0, 0.05) is 17.6 Å². The van der Waals surface area contributed by atoms with E-state index >= 15 is 0 Å². The Morgan fingerprint density at radius 1 is 1.44 bits per heavy atom. The highest BCUT2D eigenvalue weighted by atomic mass is 19.1. The fourth-order valence-corrected chi connectivity index (χ4v) is 1.80. The summed E-state index contributed by atoms with van der Waals surface area (Å²) in [7, 11) is 0. The van der Waals surface area contributed by atoms with Crippen LogP contribution in [0.25, 0.3) is 0 Å². The molecule has 0 saturated heterocycles. The zero-order chi connectivity index (χ0) is 13.9. The van der Waals surface area contributed by atoms with Crippen LogP contribution in [-0.2, 0) is 0 Å². The third kappa shape index (κ3) is 3.19. The molecule has 0 aliphatic carbocycles. The molecule has 0 N–H and O–H groups in total. The first-order valence-electron chi connectivity index (χ1n) is 5.96. The maximum atomic E-state index is 13.1. The van der Waals surface area contributed by atoms with Crippen molar-refractivity contribution in [1.29, 1.82) is 0 Å². The van der Waals surface area contributed by atoms with Crippen LogP contribution in [0.5, 0.6) is 0 Å². The molecule has 0 unspecified atom stereocenters. The summed E-state index contributed by atoms with van der Waals surface area (Å²) in [6.07, 6.45) is 1.70. The van der Waals surface area contributed by atoms with Gasteiger partial charge in [-0.25, -0.2) is 4.39 Å². The van der Waals surface area contributed by atoms with Crippen LogP contribution >= 0.6 is 0 Å². The van der Waals surface area contributed by atoms with Gasteiger partial charge in [0.1, 0.15) is 5.82 Å². The summed E-state index contributed by atoms with van der Waals surface area (Å²) in [4.78, 5) is 14.2. The minimum atomic E-state index is -0.324. The van der Waals surface area contributed by atoms with Gasteiger partial charge < -0.3 is 4.90 Å². The Morgan fingerprint density at radius 3 is 2.50 bits per heavy atom. The van der Waals surface area contributed by atoms with Crippen molar-refractivity contribution in [3.63, 3.8) is 0 Å². The molecule has 18 heavy (non-hydrogen) atoms. The predicted octanol–water partition coefficient (Wildman–Crippen LogP) is 3.56. The number of nitrogens with zero attached hydrogens (tertiary/aromatic N) is 1. The number of aryl methyl sites for hydroxylation is 1. The van der Waals surface area contributed by atoms with Crippen LogP contribution < -0.4 is 0 Å². The van der Waals surface area contributed by atoms with E-state index < -0.39 is 0 Å². The van der Waals surface area contributed by atoms with Crippen LogP contribution in [0, 0.1) is 12.7 Å². The molecule has 1 aromatic carbocycles. The maximum Gasteiger partial charge on any atom is 0.254 e. The highest BCUT2D eigenvalue weighted by Gasteiger charge is 2.27. The molecule has 0 aliphatic rings. The lowest BCUT2D eigenvalue weighted by molar-refractivity contribution is 0.0616. The number of carbonyl (C=O) groups excluding carboxylic acids is 1. The van der Waals surface area contributed by atoms with Crippen LogP contribution in [-0.4, -0.2) is 22.9 Å². The molecule has 0 aromatic heterocycles. The van der Waals surface area contributed by atoms with E-state index in [0.29, 0.717) is 17.7 Å². The van der Waals surface area contributed by atoms with Crippen LogP contribution in [0.2, 0.25) is 0 Å². The van der Waals surface area contributed by atoms with Crippen molar-refractivity contribution in [2.45, 2.75) is 33.2 Å². The summed E-state index contributed by atoms with van der Waals surface area (Å²) in [5, 5.41) is 0. The number of benzene rings is 1. The third-order valence-electron chi connectivity index (χ3n) is 2.79. The smallest absolute Gasteiger partial charge is 0.254 e. The number of halogens is 1. The zero-order valence-electron chi connectivity index (χ0n) is 11.5. The fraction of sp³-hybridized carbons (Fsp3) is 0.400. The minimum Gasteiger partial charge on any atom is -0.330 e. The second-order valence-electron chi connectivity index (χ2n) is 5.33. The summed E-state index contributed by atoms with van der Waals surface area (Å²) in [6.45, 7) is 11.8. The van der Waals surface area contributed by atoms with Gasteiger partial charge in [-0.3, -0.25) is 4.79 Å². The Labute approximate surface area is 108 Å². The molecule has 1 rings (SSSR count). The van der Waals surface area contributed by atoms with Crippen molar-refractivity contribution in [2.75, 3.05) is 6.54 Å². The van der Waals surface area contributed by atoms with E-state index in [1.54, 1.807) is 17.9 Å². The number of hydrogen-bond donors (Lipinski definition) is 0. The highest BCUT2D eigenvalue weighted by Crippen LogP contribution is 2.19. The van der Waals surface area contributed by atoms with E-state index in [1.807, 2.05) is 20.8 Å². The molecule has 0 atom stereocenters. The molecule has 3 heteroatoms. The van der Waals surface area contributed by atoms with Gasteiger partial charge in [0.25, 0.3) is 5.91 Å². The molecule has 0 fully saturated rings. The molecule has 1 amide bonds. The molecule has 1 aromatic rings. The van der Waals surface area contributed by atoms with E-state index in [-0.39, 0.29) is 17.3 Å². The number of rotatable bonds is 3. The fourth-order valence-electron chi connectivity index (χ4n) is 1.80. The van der Waals surface area contributed by atoms with Crippen molar-refractivity contribution in [2.24, 2.45) is 0 Å². The van der Waals surface area contributed by atoms with Gasteiger partial charge in [-0.2, -0.15) is 0 Å². The molecular weight excluding hydrogens is 229 g/mol. The molecule has 0 aliphatic heterocycles. The van der Waals surface area contributed by atoms with E-state index in [4.69, 9.17) is 0 Å².